The third-order valence-corrected chi connectivity index (χ3v) is 2.50. The van der Waals surface area contributed by atoms with Gasteiger partial charge >= 0.3 is 5.97 Å². The van der Waals surface area contributed by atoms with Crippen LogP contribution < -0.4 is 5.32 Å². The number of carbonyl (C=O) groups excluding carboxylic acids is 1. The van der Waals surface area contributed by atoms with Gasteiger partial charge in [0.1, 0.15) is 0 Å². The van der Waals surface area contributed by atoms with Crippen LogP contribution in [0.15, 0.2) is 43.0 Å². The third-order valence-electron chi connectivity index (χ3n) is 2.50. The first-order chi connectivity index (χ1) is 8.00. The fourth-order valence-electron chi connectivity index (χ4n) is 1.48. The maximum absolute atomic E-state index is 11.5. The second-order valence-electron chi connectivity index (χ2n) is 3.84. The Bertz CT molecular complexity index is 428. The average molecular weight is 233 g/mol. The highest BCUT2D eigenvalue weighted by molar-refractivity contribution is 5.88. The highest BCUT2D eigenvalue weighted by Crippen LogP contribution is 2.20. The summed E-state index contributed by atoms with van der Waals surface area (Å²) >= 11 is 0. The van der Waals surface area contributed by atoms with Gasteiger partial charge in [-0.05, 0) is 12.5 Å². The summed E-state index contributed by atoms with van der Waals surface area (Å²) in [7, 11) is 0. The zero-order valence-corrected chi connectivity index (χ0v) is 9.64. The number of aliphatic carboxylic acids is 1. The van der Waals surface area contributed by atoms with Crippen LogP contribution in [0.3, 0.4) is 0 Å². The summed E-state index contributed by atoms with van der Waals surface area (Å²) in [5, 5.41) is 11.8. The van der Waals surface area contributed by atoms with Gasteiger partial charge in [-0.1, -0.05) is 36.4 Å². The maximum Gasteiger partial charge on any atom is 0.333 e. The van der Waals surface area contributed by atoms with Gasteiger partial charge in [-0.25, -0.2) is 4.79 Å². The number of carboxylic acid groups (broad SMARTS) is 1. The van der Waals surface area contributed by atoms with Gasteiger partial charge in [0.05, 0.1) is 0 Å². The molecule has 4 heteroatoms. The molecule has 0 saturated heterocycles. The van der Waals surface area contributed by atoms with E-state index >= 15 is 0 Å². The Morgan fingerprint density at radius 2 is 2.00 bits per heavy atom. The molecule has 0 heterocycles. The summed E-state index contributed by atoms with van der Waals surface area (Å²) in [4.78, 5) is 22.8. The summed E-state index contributed by atoms with van der Waals surface area (Å²) in [6.07, 6.45) is 1.53. The van der Waals surface area contributed by atoms with Gasteiger partial charge in [0.25, 0.3) is 0 Å². The van der Waals surface area contributed by atoms with Crippen molar-refractivity contribution in [3.8, 4) is 0 Å². The van der Waals surface area contributed by atoms with Crippen LogP contribution in [0, 0.1) is 0 Å². The lowest BCUT2D eigenvalue weighted by molar-refractivity contribution is -0.147. The molecule has 2 N–H and O–H groups in total. The molecule has 17 heavy (non-hydrogen) atoms. The lowest BCUT2D eigenvalue weighted by Crippen LogP contribution is -2.49. The van der Waals surface area contributed by atoms with Crippen molar-refractivity contribution >= 4 is 11.9 Å². The number of carboxylic acids is 1. The van der Waals surface area contributed by atoms with Crippen molar-refractivity contribution in [2.75, 3.05) is 0 Å². The molecule has 0 aromatic heterocycles. The van der Waals surface area contributed by atoms with Crippen molar-refractivity contribution in [2.45, 2.75) is 18.9 Å². The predicted octanol–water partition coefficient (Wildman–Crippen LogP) is 1.68. The van der Waals surface area contributed by atoms with E-state index in [1.807, 2.05) is 0 Å². The smallest absolute Gasteiger partial charge is 0.333 e. The largest absolute Gasteiger partial charge is 0.479 e. The first-order valence-corrected chi connectivity index (χ1v) is 5.21. The Hall–Kier alpha value is -2.10. The molecule has 4 nitrogen and oxygen atoms in total. The Morgan fingerprint density at radius 3 is 2.47 bits per heavy atom. The van der Waals surface area contributed by atoms with E-state index in [1.165, 1.54) is 13.0 Å². The molecule has 1 aromatic rings. The maximum atomic E-state index is 11.5. The fourth-order valence-corrected chi connectivity index (χ4v) is 1.48. The second kappa shape index (κ2) is 5.30. The molecule has 0 fully saturated rings. The minimum atomic E-state index is -1.42. The van der Waals surface area contributed by atoms with E-state index in [0.717, 1.165) is 0 Å². The Balaban J connectivity index is 3.02. The third kappa shape index (κ3) is 2.93. The topological polar surface area (TPSA) is 66.4 Å². The highest BCUT2D eigenvalue weighted by atomic mass is 16.4. The van der Waals surface area contributed by atoms with Crippen molar-refractivity contribution in [3.05, 3.63) is 48.6 Å². The molecule has 1 unspecified atom stereocenters. The molecule has 90 valence electrons. The predicted molar refractivity (Wildman–Crippen MR) is 64.4 cm³/mol. The zero-order chi connectivity index (χ0) is 12.9. The lowest BCUT2D eigenvalue weighted by Gasteiger charge is -2.26. The van der Waals surface area contributed by atoms with Crippen molar-refractivity contribution in [2.24, 2.45) is 0 Å². The van der Waals surface area contributed by atoms with Crippen LogP contribution in [-0.4, -0.2) is 17.0 Å². The number of hydrogen-bond donors (Lipinski definition) is 2. The normalized spacial score (nSPS) is 13.5. The van der Waals surface area contributed by atoms with Gasteiger partial charge in [0.2, 0.25) is 5.91 Å². The molecule has 0 aliphatic rings. The van der Waals surface area contributed by atoms with Crippen molar-refractivity contribution in [3.63, 3.8) is 0 Å². The molecule has 0 radical (unpaired) electrons. The molecule has 1 amide bonds. The molecule has 1 rings (SSSR count). The quantitative estimate of drug-likeness (QED) is 0.760. The first-order valence-electron chi connectivity index (χ1n) is 5.21. The van der Waals surface area contributed by atoms with Crippen LogP contribution in [-0.2, 0) is 15.1 Å². The molecule has 0 bridgehead atoms. The van der Waals surface area contributed by atoms with Gasteiger partial charge in [-0.15, -0.1) is 6.58 Å². The van der Waals surface area contributed by atoms with Gasteiger partial charge < -0.3 is 10.4 Å². The van der Waals surface area contributed by atoms with Crippen molar-refractivity contribution in [1.82, 2.24) is 5.32 Å². The van der Waals surface area contributed by atoms with Crippen LogP contribution in [0.1, 0.15) is 18.9 Å². The van der Waals surface area contributed by atoms with Crippen molar-refractivity contribution in [1.29, 1.82) is 0 Å². The standard InChI is InChI=1S/C13H15NO3/c1-3-7-11(15)14-13(2,12(16)17)10-8-5-4-6-9-10/h3-6,8-9H,1,7H2,2H3,(H,14,15)(H,16,17). The minimum absolute atomic E-state index is 0.0930. The van der Waals surface area contributed by atoms with E-state index in [2.05, 4.69) is 11.9 Å². The van der Waals surface area contributed by atoms with E-state index < -0.39 is 11.5 Å². The number of carbonyl (C=O) groups is 2. The summed E-state index contributed by atoms with van der Waals surface area (Å²) in [5.74, 6) is -1.46. The Morgan fingerprint density at radius 1 is 1.41 bits per heavy atom. The SMILES string of the molecule is C=CCC(=O)NC(C)(C(=O)O)c1ccccc1. The van der Waals surface area contributed by atoms with Gasteiger partial charge in [0, 0.05) is 6.42 Å². The van der Waals surface area contributed by atoms with E-state index in [4.69, 9.17) is 0 Å². The molecular formula is C13H15NO3. The summed E-state index contributed by atoms with van der Waals surface area (Å²) in [6.45, 7) is 4.90. The van der Waals surface area contributed by atoms with E-state index in [0.29, 0.717) is 5.56 Å². The monoisotopic (exact) mass is 233 g/mol. The van der Waals surface area contributed by atoms with Gasteiger partial charge in [-0.2, -0.15) is 0 Å². The molecule has 0 saturated carbocycles. The fraction of sp³-hybridized carbons (Fsp3) is 0.231. The molecule has 0 aliphatic carbocycles. The lowest BCUT2D eigenvalue weighted by atomic mass is 9.92. The number of nitrogens with one attached hydrogen (secondary N) is 1. The number of benzene rings is 1. The number of rotatable bonds is 5. The summed E-state index contributed by atoms with van der Waals surface area (Å²) in [5.41, 5.74) is -0.883. The van der Waals surface area contributed by atoms with Crippen LogP contribution in [0.2, 0.25) is 0 Å². The second-order valence-corrected chi connectivity index (χ2v) is 3.84. The Labute approximate surface area is 100.0 Å². The van der Waals surface area contributed by atoms with Crippen LogP contribution >= 0.6 is 0 Å². The van der Waals surface area contributed by atoms with Crippen molar-refractivity contribution < 1.29 is 14.7 Å². The number of hydrogen-bond acceptors (Lipinski definition) is 2. The van der Waals surface area contributed by atoms with Gasteiger partial charge in [-0.3, -0.25) is 4.79 Å². The molecule has 0 aliphatic heterocycles. The van der Waals surface area contributed by atoms with Crippen LogP contribution in [0.25, 0.3) is 0 Å². The highest BCUT2D eigenvalue weighted by Gasteiger charge is 2.36. The van der Waals surface area contributed by atoms with E-state index in [-0.39, 0.29) is 12.3 Å². The van der Waals surface area contributed by atoms with E-state index in [1.54, 1.807) is 30.3 Å². The number of amides is 1. The van der Waals surface area contributed by atoms with Gasteiger partial charge in [0.15, 0.2) is 5.54 Å². The molecule has 1 atom stereocenters. The molecular weight excluding hydrogens is 218 g/mol. The first kappa shape index (κ1) is 13.0. The zero-order valence-electron chi connectivity index (χ0n) is 9.64. The Kier molecular flexibility index (Phi) is 4.04. The van der Waals surface area contributed by atoms with Crippen LogP contribution in [0.5, 0.6) is 0 Å². The summed E-state index contributed by atoms with van der Waals surface area (Å²) < 4.78 is 0. The minimum Gasteiger partial charge on any atom is -0.479 e. The molecule has 0 spiro atoms. The van der Waals surface area contributed by atoms with Crippen LogP contribution in [0.4, 0.5) is 0 Å². The summed E-state index contributed by atoms with van der Waals surface area (Å²) in [6, 6.07) is 8.59. The average Bonchev–Trinajstić information content (AvgIpc) is 2.30. The molecule has 1 aromatic carbocycles. The van der Waals surface area contributed by atoms with E-state index in [9.17, 15) is 14.7 Å².